The van der Waals surface area contributed by atoms with Crippen LogP contribution < -0.4 is 10.1 Å². The zero-order valence-electron chi connectivity index (χ0n) is 12.1. The Kier molecular flexibility index (Phi) is 5.58. The third-order valence-electron chi connectivity index (χ3n) is 3.46. The van der Waals surface area contributed by atoms with Crippen LogP contribution >= 0.6 is 0 Å². The Morgan fingerprint density at radius 2 is 2.11 bits per heavy atom. The third-order valence-corrected chi connectivity index (χ3v) is 3.46. The van der Waals surface area contributed by atoms with Gasteiger partial charge in [-0.05, 0) is 31.2 Å². The second-order valence-corrected chi connectivity index (χ2v) is 5.83. The molecule has 0 radical (unpaired) electrons. The van der Waals surface area contributed by atoms with Crippen LogP contribution in [0.5, 0.6) is 5.88 Å². The lowest BCUT2D eigenvalue weighted by atomic mass is 10.1. The van der Waals surface area contributed by atoms with E-state index in [9.17, 15) is 0 Å². The quantitative estimate of drug-likeness (QED) is 0.821. The van der Waals surface area contributed by atoms with Crippen LogP contribution in [0.25, 0.3) is 0 Å². The summed E-state index contributed by atoms with van der Waals surface area (Å²) in [5.41, 5.74) is 0.949. The second kappa shape index (κ2) is 7.43. The Bertz CT molecular complexity index is 375. The van der Waals surface area contributed by atoms with Crippen LogP contribution in [0.3, 0.4) is 0 Å². The number of hydrogen-bond donors (Lipinski definition) is 1. The maximum Gasteiger partial charge on any atom is 0.232 e. The Morgan fingerprint density at radius 1 is 1.32 bits per heavy atom. The highest BCUT2D eigenvalue weighted by Gasteiger charge is 2.15. The Morgan fingerprint density at radius 3 is 2.84 bits per heavy atom. The van der Waals surface area contributed by atoms with E-state index >= 15 is 0 Å². The minimum atomic E-state index is 0.648. The number of aromatic nitrogens is 2. The summed E-state index contributed by atoms with van der Waals surface area (Å²) in [6, 6.07) is 0. The highest BCUT2D eigenvalue weighted by atomic mass is 16.5. The van der Waals surface area contributed by atoms with Crippen molar-refractivity contribution in [3.63, 3.8) is 0 Å². The van der Waals surface area contributed by atoms with Gasteiger partial charge in [-0.25, -0.2) is 4.98 Å². The zero-order valence-corrected chi connectivity index (χ0v) is 12.1. The van der Waals surface area contributed by atoms with Crippen molar-refractivity contribution in [1.82, 2.24) is 15.3 Å². The first kappa shape index (κ1) is 14.3. The first-order chi connectivity index (χ1) is 9.24. The molecule has 1 aliphatic carbocycles. The number of nitrogens with one attached hydrogen (secondary N) is 1. The summed E-state index contributed by atoms with van der Waals surface area (Å²) in [5.74, 6) is 2.02. The third kappa shape index (κ3) is 5.15. The van der Waals surface area contributed by atoms with Gasteiger partial charge < -0.3 is 10.1 Å². The molecular formula is C15H25N3O. The van der Waals surface area contributed by atoms with E-state index in [0.717, 1.165) is 25.4 Å². The molecule has 4 nitrogen and oxygen atoms in total. The van der Waals surface area contributed by atoms with Crippen molar-refractivity contribution >= 4 is 0 Å². The fourth-order valence-electron chi connectivity index (χ4n) is 2.41. The normalized spacial score (nSPS) is 16.2. The molecular weight excluding hydrogens is 238 g/mol. The van der Waals surface area contributed by atoms with Crippen LogP contribution in [0.15, 0.2) is 12.4 Å². The minimum Gasteiger partial charge on any atom is -0.476 e. The van der Waals surface area contributed by atoms with E-state index in [1.807, 2.05) is 0 Å². The topological polar surface area (TPSA) is 47.0 Å². The van der Waals surface area contributed by atoms with Gasteiger partial charge in [-0.15, -0.1) is 0 Å². The predicted molar refractivity (Wildman–Crippen MR) is 76.0 cm³/mol. The van der Waals surface area contributed by atoms with E-state index in [-0.39, 0.29) is 0 Å². The van der Waals surface area contributed by atoms with E-state index in [4.69, 9.17) is 4.74 Å². The van der Waals surface area contributed by atoms with Gasteiger partial charge in [0.25, 0.3) is 0 Å². The molecule has 0 atom stereocenters. The van der Waals surface area contributed by atoms with Gasteiger partial charge in [0.2, 0.25) is 5.88 Å². The van der Waals surface area contributed by atoms with Gasteiger partial charge in [-0.3, -0.25) is 4.98 Å². The standard InChI is InChI=1S/C15H25N3O/c1-12(2)7-16-8-14-9-17-10-15(18-14)19-11-13-5-3-4-6-13/h9-10,12-13,16H,3-8,11H2,1-2H3. The largest absolute Gasteiger partial charge is 0.476 e. The molecule has 1 saturated carbocycles. The van der Waals surface area contributed by atoms with Crippen LogP contribution in [-0.2, 0) is 6.54 Å². The van der Waals surface area contributed by atoms with Gasteiger partial charge in [-0.2, -0.15) is 0 Å². The number of rotatable bonds is 7. The number of ether oxygens (including phenoxy) is 1. The fourth-order valence-corrected chi connectivity index (χ4v) is 2.41. The monoisotopic (exact) mass is 263 g/mol. The van der Waals surface area contributed by atoms with E-state index < -0.39 is 0 Å². The molecule has 0 spiro atoms. The molecule has 0 unspecified atom stereocenters. The second-order valence-electron chi connectivity index (χ2n) is 5.83. The van der Waals surface area contributed by atoms with Gasteiger partial charge in [-0.1, -0.05) is 26.7 Å². The molecule has 1 heterocycles. The van der Waals surface area contributed by atoms with Crippen molar-refractivity contribution in [1.29, 1.82) is 0 Å². The highest BCUT2D eigenvalue weighted by Crippen LogP contribution is 2.25. The first-order valence-corrected chi connectivity index (χ1v) is 7.38. The molecule has 0 aromatic carbocycles. The van der Waals surface area contributed by atoms with Gasteiger partial charge in [0.05, 0.1) is 18.5 Å². The molecule has 1 aliphatic rings. The van der Waals surface area contributed by atoms with Crippen molar-refractivity contribution < 1.29 is 4.74 Å². The average Bonchev–Trinajstić information content (AvgIpc) is 2.89. The van der Waals surface area contributed by atoms with Crippen LogP contribution in [-0.4, -0.2) is 23.1 Å². The summed E-state index contributed by atoms with van der Waals surface area (Å²) >= 11 is 0. The fraction of sp³-hybridized carbons (Fsp3) is 0.733. The highest BCUT2D eigenvalue weighted by molar-refractivity contribution is 5.08. The van der Waals surface area contributed by atoms with Crippen molar-refractivity contribution in [2.75, 3.05) is 13.2 Å². The minimum absolute atomic E-state index is 0.648. The summed E-state index contributed by atoms with van der Waals surface area (Å²) < 4.78 is 5.76. The summed E-state index contributed by atoms with van der Waals surface area (Å²) in [4.78, 5) is 8.68. The number of hydrogen-bond acceptors (Lipinski definition) is 4. The molecule has 19 heavy (non-hydrogen) atoms. The van der Waals surface area contributed by atoms with Gasteiger partial charge >= 0.3 is 0 Å². The molecule has 0 aliphatic heterocycles. The Hall–Kier alpha value is -1.16. The molecule has 0 saturated heterocycles. The van der Waals surface area contributed by atoms with Crippen molar-refractivity contribution in [2.24, 2.45) is 11.8 Å². The van der Waals surface area contributed by atoms with Crippen molar-refractivity contribution in [3.8, 4) is 5.88 Å². The molecule has 0 bridgehead atoms. The summed E-state index contributed by atoms with van der Waals surface area (Å²) in [5, 5.41) is 3.37. The van der Waals surface area contributed by atoms with E-state index in [2.05, 4.69) is 29.1 Å². The lowest BCUT2D eigenvalue weighted by molar-refractivity contribution is 0.242. The Balaban J connectivity index is 1.77. The predicted octanol–water partition coefficient (Wildman–Crippen LogP) is 2.79. The maximum absolute atomic E-state index is 5.76. The summed E-state index contributed by atoms with van der Waals surface area (Å²) in [6.07, 6.45) is 8.79. The lowest BCUT2D eigenvalue weighted by Gasteiger charge is -2.11. The molecule has 2 rings (SSSR count). The van der Waals surface area contributed by atoms with E-state index in [1.165, 1.54) is 25.7 Å². The molecule has 4 heteroatoms. The van der Waals surface area contributed by atoms with Crippen LogP contribution in [0.4, 0.5) is 0 Å². The summed E-state index contributed by atoms with van der Waals surface area (Å²) in [7, 11) is 0. The van der Waals surface area contributed by atoms with Crippen LogP contribution in [0.2, 0.25) is 0 Å². The average molecular weight is 263 g/mol. The maximum atomic E-state index is 5.76. The van der Waals surface area contributed by atoms with Crippen molar-refractivity contribution in [2.45, 2.75) is 46.1 Å². The lowest BCUT2D eigenvalue weighted by Crippen LogP contribution is -2.20. The van der Waals surface area contributed by atoms with Gasteiger partial charge in [0.1, 0.15) is 0 Å². The van der Waals surface area contributed by atoms with Crippen LogP contribution in [0.1, 0.15) is 45.2 Å². The Labute approximate surface area is 116 Å². The smallest absolute Gasteiger partial charge is 0.232 e. The molecule has 1 fully saturated rings. The summed E-state index contributed by atoms with van der Waals surface area (Å²) in [6.45, 7) is 6.93. The SMILES string of the molecule is CC(C)CNCc1cncc(OCC2CCCC2)n1. The van der Waals surface area contributed by atoms with Gasteiger partial charge in [0.15, 0.2) is 0 Å². The zero-order chi connectivity index (χ0) is 13.5. The van der Waals surface area contributed by atoms with Gasteiger partial charge in [0, 0.05) is 12.7 Å². The first-order valence-electron chi connectivity index (χ1n) is 7.38. The molecule has 1 aromatic heterocycles. The molecule has 1 aromatic rings. The van der Waals surface area contributed by atoms with Crippen molar-refractivity contribution in [3.05, 3.63) is 18.1 Å². The van der Waals surface area contributed by atoms with E-state index in [1.54, 1.807) is 12.4 Å². The number of nitrogens with zero attached hydrogens (tertiary/aromatic N) is 2. The molecule has 1 N–H and O–H groups in total. The molecule has 0 amide bonds. The molecule has 106 valence electrons. The van der Waals surface area contributed by atoms with Crippen LogP contribution in [0, 0.1) is 11.8 Å². The van der Waals surface area contributed by atoms with E-state index in [0.29, 0.717) is 17.7 Å².